The maximum absolute atomic E-state index is 12.2. The normalized spacial score (nSPS) is 11.1. The summed E-state index contributed by atoms with van der Waals surface area (Å²) in [5.74, 6) is -1.91. The lowest BCUT2D eigenvalue weighted by atomic mass is 10.2. The highest BCUT2D eigenvalue weighted by Gasteiger charge is 2.19. The van der Waals surface area contributed by atoms with E-state index in [4.69, 9.17) is 5.11 Å². The molecule has 0 bridgehead atoms. The SMILES string of the molecule is O=C(O)c1cc(S(=O)(=O)Nc2ccccc2Br)ccc1O. The first-order chi connectivity index (χ1) is 9.81. The van der Waals surface area contributed by atoms with E-state index in [-0.39, 0.29) is 4.90 Å². The van der Waals surface area contributed by atoms with E-state index in [2.05, 4.69) is 20.7 Å². The third-order valence-corrected chi connectivity index (χ3v) is 4.68. The molecular weight excluding hydrogens is 362 g/mol. The van der Waals surface area contributed by atoms with E-state index in [1.54, 1.807) is 24.3 Å². The fourth-order valence-corrected chi connectivity index (χ4v) is 3.22. The molecule has 0 aliphatic heterocycles. The van der Waals surface area contributed by atoms with Crippen molar-refractivity contribution in [2.24, 2.45) is 0 Å². The number of benzene rings is 2. The van der Waals surface area contributed by atoms with Gasteiger partial charge < -0.3 is 10.2 Å². The fraction of sp³-hybridized carbons (Fsp3) is 0. The van der Waals surface area contributed by atoms with Crippen molar-refractivity contribution in [2.45, 2.75) is 4.90 Å². The highest BCUT2D eigenvalue weighted by molar-refractivity contribution is 9.10. The number of phenols is 1. The predicted octanol–water partition coefficient (Wildman–Crippen LogP) is 2.65. The van der Waals surface area contributed by atoms with Gasteiger partial charge in [-0.05, 0) is 46.3 Å². The summed E-state index contributed by atoms with van der Waals surface area (Å²) in [5, 5.41) is 18.3. The molecule has 0 saturated carbocycles. The van der Waals surface area contributed by atoms with E-state index in [0.717, 1.165) is 18.2 Å². The fourth-order valence-electron chi connectivity index (χ4n) is 1.60. The van der Waals surface area contributed by atoms with E-state index in [9.17, 15) is 18.3 Å². The minimum atomic E-state index is -3.96. The van der Waals surface area contributed by atoms with Crippen molar-refractivity contribution in [3.8, 4) is 5.75 Å². The number of rotatable bonds is 4. The minimum Gasteiger partial charge on any atom is -0.507 e. The highest BCUT2D eigenvalue weighted by atomic mass is 79.9. The number of hydrogen-bond donors (Lipinski definition) is 3. The number of anilines is 1. The summed E-state index contributed by atoms with van der Waals surface area (Å²) in [6.07, 6.45) is 0. The van der Waals surface area contributed by atoms with Gasteiger partial charge in [-0.1, -0.05) is 12.1 Å². The van der Waals surface area contributed by atoms with Crippen molar-refractivity contribution in [1.82, 2.24) is 0 Å². The van der Waals surface area contributed by atoms with Crippen LogP contribution in [0.4, 0.5) is 5.69 Å². The zero-order valence-electron chi connectivity index (χ0n) is 10.4. The number of carbonyl (C=O) groups is 1. The van der Waals surface area contributed by atoms with Gasteiger partial charge in [0, 0.05) is 4.47 Å². The quantitative estimate of drug-likeness (QED) is 0.766. The zero-order chi connectivity index (χ0) is 15.6. The average Bonchev–Trinajstić information content (AvgIpc) is 2.41. The van der Waals surface area contributed by atoms with E-state index in [0.29, 0.717) is 10.2 Å². The van der Waals surface area contributed by atoms with Crippen molar-refractivity contribution in [3.63, 3.8) is 0 Å². The Morgan fingerprint density at radius 2 is 1.81 bits per heavy atom. The van der Waals surface area contributed by atoms with Gasteiger partial charge in [-0.3, -0.25) is 4.72 Å². The van der Waals surface area contributed by atoms with Crippen LogP contribution >= 0.6 is 15.9 Å². The molecule has 0 saturated heterocycles. The molecule has 2 aromatic carbocycles. The second-order valence-electron chi connectivity index (χ2n) is 4.07. The molecular formula is C13H10BrNO5S. The van der Waals surface area contributed by atoms with Crippen LogP contribution in [0.1, 0.15) is 10.4 Å². The van der Waals surface area contributed by atoms with Gasteiger partial charge in [0.1, 0.15) is 11.3 Å². The standard InChI is InChI=1S/C13H10BrNO5S/c14-10-3-1-2-4-11(10)15-21(19,20)8-5-6-12(16)9(7-8)13(17)18/h1-7,15-16H,(H,17,18). The molecule has 0 spiro atoms. The molecule has 0 heterocycles. The molecule has 0 aliphatic carbocycles. The first-order valence-electron chi connectivity index (χ1n) is 5.65. The maximum atomic E-state index is 12.2. The molecule has 0 aromatic heterocycles. The Morgan fingerprint density at radius 3 is 2.43 bits per heavy atom. The van der Waals surface area contributed by atoms with E-state index in [1.807, 2.05) is 0 Å². The molecule has 2 rings (SSSR count). The number of carboxylic acid groups (broad SMARTS) is 1. The molecule has 110 valence electrons. The number of aromatic hydroxyl groups is 1. The van der Waals surface area contributed by atoms with Crippen LogP contribution in [0.15, 0.2) is 51.8 Å². The molecule has 2 aromatic rings. The zero-order valence-corrected chi connectivity index (χ0v) is 12.8. The third kappa shape index (κ3) is 3.34. The Hall–Kier alpha value is -2.06. The van der Waals surface area contributed by atoms with Gasteiger partial charge in [0.2, 0.25) is 0 Å². The minimum absolute atomic E-state index is 0.256. The van der Waals surface area contributed by atoms with Gasteiger partial charge in [-0.15, -0.1) is 0 Å². The monoisotopic (exact) mass is 371 g/mol. The van der Waals surface area contributed by atoms with Gasteiger partial charge in [-0.2, -0.15) is 0 Å². The Bertz CT molecular complexity index is 804. The van der Waals surface area contributed by atoms with Crippen LogP contribution in [0.25, 0.3) is 0 Å². The largest absolute Gasteiger partial charge is 0.507 e. The van der Waals surface area contributed by atoms with Gasteiger partial charge >= 0.3 is 5.97 Å². The number of halogens is 1. The van der Waals surface area contributed by atoms with Crippen molar-refractivity contribution in [2.75, 3.05) is 4.72 Å². The average molecular weight is 372 g/mol. The molecule has 0 amide bonds. The van der Waals surface area contributed by atoms with E-state index < -0.39 is 27.3 Å². The summed E-state index contributed by atoms with van der Waals surface area (Å²) in [6, 6.07) is 9.65. The van der Waals surface area contributed by atoms with E-state index >= 15 is 0 Å². The van der Waals surface area contributed by atoms with Crippen LogP contribution in [0.3, 0.4) is 0 Å². The summed E-state index contributed by atoms with van der Waals surface area (Å²) < 4.78 is 27.4. The number of sulfonamides is 1. The third-order valence-electron chi connectivity index (χ3n) is 2.63. The Kier molecular flexibility index (Phi) is 4.19. The lowest BCUT2D eigenvalue weighted by Gasteiger charge is -2.10. The van der Waals surface area contributed by atoms with Crippen LogP contribution in [0.2, 0.25) is 0 Å². The molecule has 3 N–H and O–H groups in total. The van der Waals surface area contributed by atoms with Gasteiger partial charge in [0.25, 0.3) is 10.0 Å². The molecule has 0 unspecified atom stereocenters. The maximum Gasteiger partial charge on any atom is 0.339 e. The van der Waals surface area contributed by atoms with Crippen LogP contribution in [0, 0.1) is 0 Å². The van der Waals surface area contributed by atoms with E-state index in [1.165, 1.54) is 0 Å². The lowest BCUT2D eigenvalue weighted by Crippen LogP contribution is -2.14. The highest BCUT2D eigenvalue weighted by Crippen LogP contribution is 2.26. The molecule has 0 radical (unpaired) electrons. The topological polar surface area (TPSA) is 104 Å². The molecule has 8 heteroatoms. The van der Waals surface area contributed by atoms with Crippen molar-refractivity contribution in [3.05, 3.63) is 52.5 Å². The first-order valence-corrected chi connectivity index (χ1v) is 7.92. The number of hydrogen-bond acceptors (Lipinski definition) is 4. The first kappa shape index (κ1) is 15.3. The Morgan fingerprint density at radius 1 is 1.14 bits per heavy atom. The van der Waals surface area contributed by atoms with Crippen LogP contribution in [-0.2, 0) is 10.0 Å². The summed E-state index contributed by atoms with van der Waals surface area (Å²) >= 11 is 3.21. The van der Waals surface area contributed by atoms with Gasteiger partial charge in [0.15, 0.2) is 0 Å². The van der Waals surface area contributed by atoms with Gasteiger partial charge in [-0.25, -0.2) is 13.2 Å². The molecule has 0 fully saturated rings. The smallest absolute Gasteiger partial charge is 0.339 e. The summed E-state index contributed by atoms with van der Waals surface area (Å²) in [5.41, 5.74) is -0.160. The Balaban J connectivity index is 2.43. The predicted molar refractivity (Wildman–Crippen MR) is 80.0 cm³/mol. The number of carboxylic acids is 1. The van der Waals surface area contributed by atoms with Crippen molar-refractivity contribution in [1.29, 1.82) is 0 Å². The number of para-hydroxylation sites is 1. The second kappa shape index (κ2) is 5.74. The Labute approximate surface area is 129 Å². The summed E-state index contributed by atoms with van der Waals surface area (Å²) in [6.45, 7) is 0. The second-order valence-corrected chi connectivity index (χ2v) is 6.61. The lowest BCUT2D eigenvalue weighted by molar-refractivity contribution is 0.0693. The molecule has 0 aliphatic rings. The van der Waals surface area contributed by atoms with Crippen LogP contribution in [0.5, 0.6) is 5.75 Å². The summed E-state index contributed by atoms with van der Waals surface area (Å²) in [4.78, 5) is 10.7. The van der Waals surface area contributed by atoms with Crippen LogP contribution < -0.4 is 4.72 Å². The summed E-state index contributed by atoms with van der Waals surface area (Å²) in [7, 11) is -3.96. The molecule has 6 nitrogen and oxygen atoms in total. The van der Waals surface area contributed by atoms with Gasteiger partial charge in [0.05, 0.1) is 10.6 Å². The van der Waals surface area contributed by atoms with Crippen molar-refractivity contribution >= 4 is 37.6 Å². The number of aromatic carboxylic acids is 1. The van der Waals surface area contributed by atoms with Crippen molar-refractivity contribution < 1.29 is 23.4 Å². The van der Waals surface area contributed by atoms with Crippen LogP contribution in [-0.4, -0.2) is 24.6 Å². The molecule has 21 heavy (non-hydrogen) atoms. The molecule has 0 atom stereocenters. The number of nitrogens with one attached hydrogen (secondary N) is 1.